The van der Waals surface area contributed by atoms with Gasteiger partial charge in [-0.1, -0.05) is 0 Å². The number of hydrogen-bond donors (Lipinski definition) is 0. The van der Waals surface area contributed by atoms with Crippen LogP contribution in [-0.2, 0) is 20.3 Å². The molecule has 1 aromatic heterocycles. The van der Waals surface area contributed by atoms with E-state index in [9.17, 15) is 13.2 Å². The number of halogens is 1. The molecule has 1 amide bonds. The van der Waals surface area contributed by atoms with Crippen LogP contribution in [0.5, 0.6) is 0 Å². The van der Waals surface area contributed by atoms with E-state index in [-0.39, 0.29) is 16.5 Å². The van der Waals surface area contributed by atoms with Gasteiger partial charge in [-0.2, -0.15) is 0 Å². The Morgan fingerprint density at radius 1 is 1.47 bits per heavy atom. The fraction of sp³-hybridized carbons (Fsp3) is 0.583. The molecule has 0 radical (unpaired) electrons. The van der Waals surface area contributed by atoms with Crippen molar-refractivity contribution in [2.75, 3.05) is 13.1 Å². The lowest BCUT2D eigenvalue weighted by molar-refractivity contribution is -0.130. The molecule has 0 aliphatic heterocycles. The van der Waals surface area contributed by atoms with Crippen LogP contribution < -0.4 is 0 Å². The molecule has 1 aromatic rings. The van der Waals surface area contributed by atoms with Crippen molar-refractivity contribution in [3.63, 3.8) is 0 Å². The van der Waals surface area contributed by atoms with Gasteiger partial charge in [0.15, 0.2) is 0 Å². The van der Waals surface area contributed by atoms with Crippen LogP contribution in [0.15, 0.2) is 16.3 Å². The third-order valence-electron chi connectivity index (χ3n) is 3.11. The first-order valence-corrected chi connectivity index (χ1v) is 9.34. The van der Waals surface area contributed by atoms with E-state index in [4.69, 9.17) is 10.7 Å². The highest BCUT2D eigenvalue weighted by Crippen LogP contribution is 2.30. The van der Waals surface area contributed by atoms with Gasteiger partial charge < -0.3 is 4.90 Å². The van der Waals surface area contributed by atoms with Crippen LogP contribution in [0.25, 0.3) is 0 Å². The van der Waals surface area contributed by atoms with Crippen LogP contribution in [0.1, 0.15) is 24.6 Å². The van der Waals surface area contributed by atoms with Crippen LogP contribution in [0.4, 0.5) is 0 Å². The molecule has 0 atom stereocenters. The van der Waals surface area contributed by atoms with E-state index in [0.717, 1.165) is 22.8 Å². The van der Waals surface area contributed by atoms with Crippen molar-refractivity contribution in [3.8, 4) is 0 Å². The molecule has 1 saturated carbocycles. The Balaban J connectivity index is 1.99. The van der Waals surface area contributed by atoms with Gasteiger partial charge in [0.1, 0.15) is 4.21 Å². The van der Waals surface area contributed by atoms with E-state index in [0.29, 0.717) is 12.5 Å². The van der Waals surface area contributed by atoms with E-state index in [1.165, 1.54) is 18.9 Å². The molecule has 2 rings (SSSR count). The molecule has 1 aliphatic rings. The molecule has 1 fully saturated rings. The number of hydrogen-bond acceptors (Lipinski definition) is 4. The van der Waals surface area contributed by atoms with Crippen molar-refractivity contribution >= 4 is 37.0 Å². The Morgan fingerprint density at radius 2 is 2.16 bits per heavy atom. The number of thiophene rings is 1. The van der Waals surface area contributed by atoms with Crippen LogP contribution in [0.2, 0.25) is 0 Å². The number of carbonyl (C=O) groups is 1. The maximum absolute atomic E-state index is 12.1. The molecule has 0 N–H and O–H groups in total. The lowest BCUT2D eigenvalue weighted by atomic mass is 10.3. The third kappa shape index (κ3) is 4.19. The summed E-state index contributed by atoms with van der Waals surface area (Å²) in [6.45, 7) is 3.48. The van der Waals surface area contributed by atoms with Gasteiger partial charge in [0, 0.05) is 28.6 Å². The summed E-state index contributed by atoms with van der Waals surface area (Å²) >= 11 is 1.06. The quantitative estimate of drug-likeness (QED) is 0.756. The minimum absolute atomic E-state index is 0.0507. The summed E-state index contributed by atoms with van der Waals surface area (Å²) in [5.41, 5.74) is 0. The van der Waals surface area contributed by atoms with Gasteiger partial charge in [-0.15, -0.1) is 11.3 Å². The van der Waals surface area contributed by atoms with Gasteiger partial charge in [0.2, 0.25) is 5.91 Å². The average molecular weight is 322 g/mol. The predicted molar refractivity (Wildman–Crippen MR) is 76.0 cm³/mol. The van der Waals surface area contributed by atoms with E-state index in [1.54, 1.807) is 6.07 Å². The van der Waals surface area contributed by atoms with Gasteiger partial charge in [-0.3, -0.25) is 4.79 Å². The highest BCUT2D eigenvalue weighted by Gasteiger charge is 2.26. The first-order valence-electron chi connectivity index (χ1n) is 6.21. The van der Waals surface area contributed by atoms with Gasteiger partial charge in [0.05, 0.1) is 6.42 Å². The van der Waals surface area contributed by atoms with Crippen molar-refractivity contribution in [1.29, 1.82) is 0 Å². The second-order valence-corrected chi connectivity index (χ2v) is 8.67. The molecular formula is C12H16ClNO3S2. The summed E-state index contributed by atoms with van der Waals surface area (Å²) in [6, 6.07) is 3.11. The summed E-state index contributed by atoms with van der Waals surface area (Å²) in [5, 5.41) is 0. The normalized spacial score (nSPS) is 15.5. The first-order chi connectivity index (χ1) is 8.90. The van der Waals surface area contributed by atoms with E-state index in [2.05, 4.69) is 0 Å². The van der Waals surface area contributed by atoms with Crippen molar-refractivity contribution in [2.45, 2.75) is 30.4 Å². The summed E-state index contributed by atoms with van der Waals surface area (Å²) < 4.78 is 22.4. The number of nitrogens with zero attached hydrogens (tertiary/aromatic N) is 1. The zero-order valence-electron chi connectivity index (χ0n) is 10.6. The summed E-state index contributed by atoms with van der Waals surface area (Å²) in [4.78, 5) is 14.7. The van der Waals surface area contributed by atoms with E-state index >= 15 is 0 Å². The van der Waals surface area contributed by atoms with Crippen LogP contribution >= 0.6 is 22.0 Å². The Morgan fingerprint density at radius 3 is 2.63 bits per heavy atom. The van der Waals surface area contributed by atoms with Gasteiger partial charge in [-0.05, 0) is 37.8 Å². The second-order valence-electron chi connectivity index (χ2n) is 4.71. The molecule has 106 valence electrons. The summed E-state index contributed by atoms with van der Waals surface area (Å²) in [6.07, 6.45) is 2.66. The van der Waals surface area contributed by atoms with Crippen molar-refractivity contribution in [2.24, 2.45) is 5.92 Å². The Kier molecular flexibility index (Phi) is 4.53. The molecule has 19 heavy (non-hydrogen) atoms. The van der Waals surface area contributed by atoms with Gasteiger partial charge in [0.25, 0.3) is 9.05 Å². The molecule has 7 heteroatoms. The standard InChI is InChI=1S/C12H16ClNO3S2/c1-2-14(8-9-3-4-9)11(15)7-10-5-6-12(18-10)19(13,16)17/h5-6,9H,2-4,7-8H2,1H3. The fourth-order valence-electron chi connectivity index (χ4n) is 1.86. The highest BCUT2D eigenvalue weighted by atomic mass is 35.7. The first kappa shape index (κ1) is 14.8. The predicted octanol–water partition coefficient (Wildman–Crippen LogP) is 2.48. The largest absolute Gasteiger partial charge is 0.342 e. The summed E-state index contributed by atoms with van der Waals surface area (Å²) in [5.74, 6) is 0.709. The number of carbonyl (C=O) groups excluding carboxylic acids is 1. The molecule has 0 unspecified atom stereocenters. The van der Waals surface area contributed by atoms with Crippen molar-refractivity contribution in [1.82, 2.24) is 4.90 Å². The van der Waals surface area contributed by atoms with E-state index in [1.807, 2.05) is 11.8 Å². The minimum Gasteiger partial charge on any atom is -0.342 e. The van der Waals surface area contributed by atoms with Crippen LogP contribution in [0.3, 0.4) is 0 Å². The average Bonchev–Trinajstić information content (AvgIpc) is 3.02. The SMILES string of the molecule is CCN(CC1CC1)C(=O)Cc1ccc(S(=O)(=O)Cl)s1. The smallest absolute Gasteiger partial charge is 0.270 e. The molecule has 0 bridgehead atoms. The molecular weight excluding hydrogens is 306 g/mol. The zero-order valence-corrected chi connectivity index (χ0v) is 13.0. The Hall–Kier alpha value is -0.590. The summed E-state index contributed by atoms with van der Waals surface area (Å²) in [7, 11) is 1.58. The molecule has 0 saturated heterocycles. The minimum atomic E-state index is -3.69. The van der Waals surface area contributed by atoms with Gasteiger partial charge in [-0.25, -0.2) is 8.42 Å². The Bertz CT molecular complexity index is 563. The van der Waals surface area contributed by atoms with Gasteiger partial charge >= 0.3 is 0 Å². The molecule has 4 nitrogen and oxygen atoms in total. The molecule has 0 spiro atoms. The molecule has 1 heterocycles. The maximum atomic E-state index is 12.1. The lowest BCUT2D eigenvalue weighted by Crippen LogP contribution is -2.33. The van der Waals surface area contributed by atoms with Crippen molar-refractivity contribution in [3.05, 3.63) is 17.0 Å². The molecule has 1 aliphatic carbocycles. The Labute approximate surface area is 121 Å². The van der Waals surface area contributed by atoms with Crippen LogP contribution in [0, 0.1) is 5.92 Å². The monoisotopic (exact) mass is 321 g/mol. The maximum Gasteiger partial charge on any atom is 0.270 e. The molecule has 0 aromatic carbocycles. The van der Waals surface area contributed by atoms with Crippen molar-refractivity contribution < 1.29 is 13.2 Å². The highest BCUT2D eigenvalue weighted by molar-refractivity contribution is 8.15. The topological polar surface area (TPSA) is 54.5 Å². The number of amides is 1. The number of rotatable bonds is 6. The second kappa shape index (κ2) is 5.81. The van der Waals surface area contributed by atoms with Crippen LogP contribution in [-0.4, -0.2) is 32.3 Å². The number of likely N-dealkylation sites (N-methyl/N-ethyl adjacent to an activating group) is 1. The zero-order chi connectivity index (χ0) is 14.0. The van der Waals surface area contributed by atoms with E-state index < -0.39 is 9.05 Å². The fourth-order valence-corrected chi connectivity index (χ4v) is 3.98. The lowest BCUT2D eigenvalue weighted by Gasteiger charge is -2.20. The third-order valence-corrected chi connectivity index (χ3v) is 6.29.